The first-order valence-electron chi connectivity index (χ1n) is 9.62. The molecule has 0 saturated heterocycles. The largest absolute Gasteiger partial charge is 0.491 e. The van der Waals surface area contributed by atoms with Crippen molar-refractivity contribution in [3.8, 4) is 5.75 Å². The first kappa shape index (κ1) is 24.3. The second kappa shape index (κ2) is 11.4. The van der Waals surface area contributed by atoms with Gasteiger partial charge in [0.1, 0.15) is 18.5 Å². The number of rotatable bonds is 10. The lowest BCUT2D eigenvalue weighted by Crippen LogP contribution is -2.28. The second-order valence-electron chi connectivity index (χ2n) is 7.28. The van der Waals surface area contributed by atoms with Crippen LogP contribution in [0, 0.1) is 5.41 Å². The molecule has 1 amide bonds. The Balaban J connectivity index is 2.28. The van der Waals surface area contributed by atoms with Gasteiger partial charge in [0.05, 0.1) is 6.61 Å². The maximum atomic E-state index is 12.6. The van der Waals surface area contributed by atoms with E-state index < -0.39 is 23.6 Å². The van der Waals surface area contributed by atoms with Crippen LogP contribution in [0.15, 0.2) is 65.6 Å². The number of carboxylic acids is 1. The smallest absolute Gasteiger partial charge is 0.412 e. The minimum atomic E-state index is -1.09. The lowest BCUT2D eigenvalue weighted by Gasteiger charge is -2.31. The summed E-state index contributed by atoms with van der Waals surface area (Å²) in [6.45, 7) is 3.55. The van der Waals surface area contributed by atoms with Gasteiger partial charge in [0.2, 0.25) is 0 Å². The number of anilines is 1. The number of hydrogen-bond acceptors (Lipinski definition) is 6. The van der Waals surface area contributed by atoms with E-state index in [4.69, 9.17) is 19.7 Å². The fraction of sp³-hybridized carbons (Fsp3) is 0.304. The molecule has 0 heterocycles. The van der Waals surface area contributed by atoms with Crippen molar-refractivity contribution < 1.29 is 29.3 Å². The van der Waals surface area contributed by atoms with Crippen molar-refractivity contribution in [2.45, 2.75) is 24.8 Å². The summed E-state index contributed by atoms with van der Waals surface area (Å²) < 4.78 is 11.2. The number of thioether (sulfide) groups is 1. The van der Waals surface area contributed by atoms with Crippen LogP contribution in [0.3, 0.4) is 0 Å². The van der Waals surface area contributed by atoms with Gasteiger partial charge in [0, 0.05) is 22.1 Å². The molecule has 0 aliphatic carbocycles. The van der Waals surface area contributed by atoms with Crippen LogP contribution in [0.2, 0.25) is 0 Å². The van der Waals surface area contributed by atoms with E-state index in [0.29, 0.717) is 17.0 Å². The van der Waals surface area contributed by atoms with Crippen molar-refractivity contribution >= 4 is 29.5 Å². The highest BCUT2D eigenvalue weighted by Crippen LogP contribution is 2.39. The number of aliphatic carboxylic acids is 1. The molecule has 0 aliphatic rings. The van der Waals surface area contributed by atoms with Gasteiger partial charge < -0.3 is 19.7 Å². The summed E-state index contributed by atoms with van der Waals surface area (Å²) in [6.07, 6.45) is 3.02. The van der Waals surface area contributed by atoms with Gasteiger partial charge in [0.25, 0.3) is 0 Å². The van der Waals surface area contributed by atoms with Crippen molar-refractivity contribution in [2.75, 3.05) is 24.8 Å². The topological polar surface area (TPSA) is 105 Å². The van der Waals surface area contributed by atoms with Crippen molar-refractivity contribution in [2.24, 2.45) is 5.41 Å². The zero-order valence-corrected chi connectivity index (χ0v) is 18.5. The van der Waals surface area contributed by atoms with Crippen molar-refractivity contribution in [1.29, 1.82) is 0 Å². The Labute approximate surface area is 186 Å². The van der Waals surface area contributed by atoms with Crippen molar-refractivity contribution in [3.63, 3.8) is 0 Å². The third-order valence-corrected chi connectivity index (χ3v) is 5.16. The van der Waals surface area contributed by atoms with Gasteiger partial charge in [-0.3, -0.25) is 5.32 Å². The molecule has 0 aromatic heterocycles. The molecule has 3 N–H and O–H groups in total. The number of nitrogens with one attached hydrogen (secondary N) is 1. The van der Waals surface area contributed by atoms with Crippen molar-refractivity contribution in [1.82, 2.24) is 0 Å². The van der Waals surface area contributed by atoms with E-state index in [0.717, 1.165) is 11.0 Å². The predicted octanol–water partition coefficient (Wildman–Crippen LogP) is 4.74. The maximum Gasteiger partial charge on any atom is 0.412 e. The number of carbonyl (C=O) groups excluding carboxylic acids is 1. The van der Waals surface area contributed by atoms with E-state index in [-0.39, 0.29) is 13.2 Å². The van der Waals surface area contributed by atoms with E-state index in [2.05, 4.69) is 5.32 Å². The zero-order chi connectivity index (χ0) is 22.9. The molecule has 0 saturated carbocycles. The SMILES string of the molecule is CSc1ccc(NC(=O)O[C@H](c2cccc(OCCO)c2)C(C)(C)/C=C/C(=O)O)cc1. The number of ether oxygens (including phenoxy) is 2. The molecule has 0 unspecified atom stereocenters. The molecule has 0 fully saturated rings. The number of amides is 1. The van der Waals surface area contributed by atoms with Crippen LogP contribution in [-0.4, -0.2) is 41.7 Å². The Morgan fingerprint density at radius 1 is 1.19 bits per heavy atom. The van der Waals surface area contributed by atoms with Gasteiger partial charge in [-0.2, -0.15) is 0 Å². The number of carbonyl (C=O) groups is 2. The number of carboxylic acid groups (broad SMARTS) is 1. The van der Waals surface area contributed by atoms with Crippen molar-refractivity contribution in [3.05, 3.63) is 66.2 Å². The van der Waals surface area contributed by atoms with E-state index >= 15 is 0 Å². The molecule has 7 nitrogen and oxygen atoms in total. The minimum Gasteiger partial charge on any atom is -0.491 e. The molecule has 2 rings (SSSR count). The average molecular weight is 446 g/mol. The first-order valence-corrected chi connectivity index (χ1v) is 10.8. The summed E-state index contributed by atoms with van der Waals surface area (Å²) in [6, 6.07) is 14.3. The highest BCUT2D eigenvalue weighted by atomic mass is 32.2. The Kier molecular flexibility index (Phi) is 8.96. The molecule has 0 aliphatic heterocycles. The fourth-order valence-electron chi connectivity index (χ4n) is 2.88. The normalized spacial score (nSPS) is 12.4. The van der Waals surface area contributed by atoms with Gasteiger partial charge in [-0.05, 0) is 48.2 Å². The van der Waals surface area contributed by atoms with Crippen LogP contribution < -0.4 is 10.1 Å². The number of benzene rings is 2. The molecule has 8 heteroatoms. The van der Waals surface area contributed by atoms with Crippen LogP contribution in [0.5, 0.6) is 5.75 Å². The molecular formula is C23H27NO6S. The Morgan fingerprint density at radius 3 is 2.52 bits per heavy atom. The van der Waals surface area contributed by atoms with Gasteiger partial charge in [-0.15, -0.1) is 11.8 Å². The summed E-state index contributed by atoms with van der Waals surface area (Å²) in [5.41, 5.74) is 0.373. The molecule has 0 radical (unpaired) electrons. The minimum absolute atomic E-state index is 0.129. The summed E-state index contributed by atoms with van der Waals surface area (Å²) >= 11 is 1.60. The van der Waals surface area contributed by atoms with E-state index in [1.54, 1.807) is 62.0 Å². The molecule has 31 heavy (non-hydrogen) atoms. The average Bonchev–Trinajstić information content (AvgIpc) is 2.75. The lowest BCUT2D eigenvalue weighted by atomic mass is 9.82. The van der Waals surface area contributed by atoms with Gasteiger partial charge in [-0.1, -0.05) is 32.1 Å². The quantitative estimate of drug-likeness (QED) is 0.358. The van der Waals surface area contributed by atoms with Crippen LogP contribution in [0.1, 0.15) is 25.5 Å². The highest BCUT2D eigenvalue weighted by Gasteiger charge is 2.33. The first-order chi connectivity index (χ1) is 14.7. The monoisotopic (exact) mass is 445 g/mol. The third-order valence-electron chi connectivity index (χ3n) is 4.41. The van der Waals surface area contributed by atoms with Crippen LogP contribution in [0.4, 0.5) is 10.5 Å². The summed E-state index contributed by atoms with van der Waals surface area (Å²) in [7, 11) is 0. The van der Waals surface area contributed by atoms with E-state index in [9.17, 15) is 9.59 Å². The lowest BCUT2D eigenvalue weighted by molar-refractivity contribution is -0.131. The predicted molar refractivity (Wildman–Crippen MR) is 121 cm³/mol. The summed E-state index contributed by atoms with van der Waals surface area (Å²) in [5.74, 6) is -0.587. The highest BCUT2D eigenvalue weighted by molar-refractivity contribution is 7.98. The molecule has 2 aromatic rings. The molecular weight excluding hydrogens is 418 g/mol. The molecule has 1 atom stereocenters. The second-order valence-corrected chi connectivity index (χ2v) is 8.16. The third kappa shape index (κ3) is 7.66. The maximum absolute atomic E-state index is 12.6. The zero-order valence-electron chi connectivity index (χ0n) is 17.7. The number of aliphatic hydroxyl groups excluding tert-OH is 1. The number of hydrogen-bond donors (Lipinski definition) is 3. The van der Waals surface area contributed by atoms with Crippen LogP contribution >= 0.6 is 11.8 Å². The fourth-order valence-corrected chi connectivity index (χ4v) is 3.29. The molecule has 0 spiro atoms. The van der Waals surface area contributed by atoms with Crippen LogP contribution in [-0.2, 0) is 9.53 Å². The standard InChI is InChI=1S/C23H27NO6S/c1-23(2,12-11-20(26)27)21(16-5-4-6-18(15-16)29-14-13-25)30-22(28)24-17-7-9-19(31-3)10-8-17/h4-12,15,21,25H,13-14H2,1-3H3,(H,24,28)(H,26,27)/b12-11+/t21-/m1/s1. The van der Waals surface area contributed by atoms with E-state index in [1.807, 2.05) is 18.4 Å². The molecule has 166 valence electrons. The molecule has 0 bridgehead atoms. The summed E-state index contributed by atoms with van der Waals surface area (Å²) in [5, 5.41) is 20.7. The van der Waals surface area contributed by atoms with Gasteiger partial charge >= 0.3 is 12.1 Å². The van der Waals surface area contributed by atoms with E-state index in [1.165, 1.54) is 6.08 Å². The number of aliphatic hydroxyl groups is 1. The molecule has 2 aromatic carbocycles. The Hall–Kier alpha value is -2.97. The van der Waals surface area contributed by atoms with Crippen LogP contribution in [0.25, 0.3) is 0 Å². The van der Waals surface area contributed by atoms with Gasteiger partial charge in [-0.25, -0.2) is 9.59 Å². The summed E-state index contributed by atoms with van der Waals surface area (Å²) in [4.78, 5) is 24.8. The Morgan fingerprint density at radius 2 is 1.90 bits per heavy atom. The Bertz CT molecular complexity index is 911. The van der Waals surface area contributed by atoms with Gasteiger partial charge in [0.15, 0.2) is 0 Å².